The van der Waals surface area contributed by atoms with Crippen molar-refractivity contribution < 1.29 is 4.74 Å². The van der Waals surface area contributed by atoms with Gasteiger partial charge < -0.3 is 15.4 Å². The fourth-order valence-corrected chi connectivity index (χ4v) is 1.23. The van der Waals surface area contributed by atoms with Crippen LogP contribution < -0.4 is 10.6 Å². The predicted octanol–water partition coefficient (Wildman–Crippen LogP) is -0.483. The molecule has 1 aromatic heterocycles. The highest BCUT2D eigenvalue weighted by molar-refractivity contribution is 5.79. The molecule has 0 aromatic carbocycles. The fraction of sp³-hybridized carbons (Fsp3) is 0.700. The summed E-state index contributed by atoms with van der Waals surface area (Å²) in [6.45, 7) is 4.71. The van der Waals surface area contributed by atoms with Crippen LogP contribution in [0.5, 0.6) is 0 Å². The summed E-state index contributed by atoms with van der Waals surface area (Å²) in [6.07, 6.45) is 1.52. The predicted molar refractivity (Wildman–Crippen MR) is 65.7 cm³/mol. The summed E-state index contributed by atoms with van der Waals surface area (Å²) in [5.41, 5.74) is 0. The lowest BCUT2D eigenvalue weighted by Gasteiger charge is -2.10. The van der Waals surface area contributed by atoms with Gasteiger partial charge in [0.1, 0.15) is 18.7 Å². The van der Waals surface area contributed by atoms with Gasteiger partial charge in [0.25, 0.3) is 0 Å². The lowest BCUT2D eigenvalue weighted by Crippen LogP contribution is -2.38. The normalized spacial score (nSPS) is 11.6. The van der Waals surface area contributed by atoms with E-state index in [1.54, 1.807) is 11.8 Å². The second kappa shape index (κ2) is 7.61. The Bertz CT molecular complexity index is 348. The van der Waals surface area contributed by atoms with E-state index in [-0.39, 0.29) is 0 Å². The van der Waals surface area contributed by atoms with Crippen LogP contribution in [0.25, 0.3) is 0 Å². The summed E-state index contributed by atoms with van der Waals surface area (Å²) in [7, 11) is 3.52. The van der Waals surface area contributed by atoms with E-state index >= 15 is 0 Å². The minimum absolute atomic E-state index is 0.499. The summed E-state index contributed by atoms with van der Waals surface area (Å²) >= 11 is 0. The number of ether oxygens (including phenoxy) is 1. The molecule has 0 saturated carbocycles. The fourth-order valence-electron chi connectivity index (χ4n) is 1.23. The van der Waals surface area contributed by atoms with Gasteiger partial charge in [-0.1, -0.05) is 0 Å². The summed E-state index contributed by atoms with van der Waals surface area (Å²) in [4.78, 5) is 8.51. The van der Waals surface area contributed by atoms with Crippen LogP contribution in [0.1, 0.15) is 12.7 Å². The maximum absolute atomic E-state index is 4.97. The van der Waals surface area contributed by atoms with E-state index < -0.39 is 0 Å². The van der Waals surface area contributed by atoms with Gasteiger partial charge in [0.2, 0.25) is 0 Å². The van der Waals surface area contributed by atoms with Gasteiger partial charge in [0.05, 0.1) is 6.61 Å². The summed E-state index contributed by atoms with van der Waals surface area (Å²) in [5, 5.41) is 10.3. The lowest BCUT2D eigenvalue weighted by molar-refractivity contribution is 0.203. The third-order valence-corrected chi connectivity index (χ3v) is 2.13. The molecule has 0 unspecified atom stereocenters. The van der Waals surface area contributed by atoms with Gasteiger partial charge in [-0.05, 0) is 6.92 Å². The quantitative estimate of drug-likeness (QED) is 0.399. The second-order valence-electron chi connectivity index (χ2n) is 3.41. The molecule has 1 aromatic rings. The first kappa shape index (κ1) is 13.4. The zero-order valence-electron chi connectivity index (χ0n) is 10.6. The van der Waals surface area contributed by atoms with Crippen molar-refractivity contribution in [2.75, 3.05) is 26.8 Å². The largest absolute Gasteiger partial charge is 0.383 e. The molecule has 17 heavy (non-hydrogen) atoms. The number of nitrogens with zero attached hydrogens (tertiary/aromatic N) is 4. The molecule has 7 heteroatoms. The van der Waals surface area contributed by atoms with Gasteiger partial charge >= 0.3 is 0 Å². The van der Waals surface area contributed by atoms with E-state index in [1.807, 2.05) is 14.0 Å². The van der Waals surface area contributed by atoms with Crippen molar-refractivity contribution in [3.63, 3.8) is 0 Å². The zero-order valence-corrected chi connectivity index (χ0v) is 10.6. The van der Waals surface area contributed by atoms with Crippen LogP contribution in [-0.2, 0) is 18.3 Å². The van der Waals surface area contributed by atoms with Crippen LogP contribution >= 0.6 is 0 Å². The van der Waals surface area contributed by atoms with Gasteiger partial charge in [-0.2, -0.15) is 5.10 Å². The Hall–Kier alpha value is -1.63. The van der Waals surface area contributed by atoms with Gasteiger partial charge in [0.15, 0.2) is 5.96 Å². The molecule has 0 aliphatic heterocycles. The number of aryl methyl sites for hydroxylation is 1. The van der Waals surface area contributed by atoms with Crippen molar-refractivity contribution in [2.45, 2.75) is 13.5 Å². The molecule has 0 saturated heterocycles. The van der Waals surface area contributed by atoms with Crippen molar-refractivity contribution in [1.29, 1.82) is 0 Å². The van der Waals surface area contributed by atoms with E-state index in [4.69, 9.17) is 4.74 Å². The van der Waals surface area contributed by atoms with Crippen molar-refractivity contribution in [3.8, 4) is 0 Å². The first-order valence-corrected chi connectivity index (χ1v) is 5.62. The number of aliphatic imine (C=N–C) groups is 1. The first-order valence-electron chi connectivity index (χ1n) is 5.62. The van der Waals surface area contributed by atoms with Crippen molar-refractivity contribution in [2.24, 2.45) is 12.0 Å². The average Bonchev–Trinajstić information content (AvgIpc) is 2.72. The molecule has 7 nitrogen and oxygen atoms in total. The van der Waals surface area contributed by atoms with Crippen LogP contribution in [0.15, 0.2) is 11.3 Å². The monoisotopic (exact) mass is 240 g/mol. The molecule has 1 heterocycles. The molecule has 0 atom stereocenters. The number of nitrogens with one attached hydrogen (secondary N) is 2. The Kier molecular flexibility index (Phi) is 6.02. The van der Waals surface area contributed by atoms with E-state index in [9.17, 15) is 0 Å². The van der Waals surface area contributed by atoms with Gasteiger partial charge in [-0.15, -0.1) is 0 Å². The summed E-state index contributed by atoms with van der Waals surface area (Å²) in [6, 6.07) is 0. The molecule has 0 aliphatic rings. The molecule has 0 radical (unpaired) electrons. The third kappa shape index (κ3) is 4.81. The molecule has 0 fully saturated rings. The Balaban J connectivity index is 2.48. The molecule has 0 spiro atoms. The summed E-state index contributed by atoms with van der Waals surface area (Å²) < 4.78 is 6.68. The molecule has 96 valence electrons. The van der Waals surface area contributed by atoms with Crippen LogP contribution in [-0.4, -0.2) is 47.5 Å². The highest BCUT2D eigenvalue weighted by Gasteiger charge is 2.00. The van der Waals surface area contributed by atoms with Crippen molar-refractivity contribution in [1.82, 2.24) is 25.4 Å². The lowest BCUT2D eigenvalue weighted by atomic mass is 10.6. The van der Waals surface area contributed by atoms with Gasteiger partial charge in [-0.25, -0.2) is 9.98 Å². The molecule has 2 N–H and O–H groups in total. The van der Waals surface area contributed by atoms with Crippen LogP contribution in [0.2, 0.25) is 0 Å². The van der Waals surface area contributed by atoms with E-state index in [0.29, 0.717) is 13.2 Å². The molecule has 0 aliphatic carbocycles. The minimum Gasteiger partial charge on any atom is -0.383 e. The van der Waals surface area contributed by atoms with Crippen LogP contribution in [0, 0.1) is 0 Å². The zero-order chi connectivity index (χ0) is 12.5. The Morgan fingerprint density at radius 2 is 2.35 bits per heavy atom. The number of aromatic nitrogens is 3. The highest BCUT2D eigenvalue weighted by atomic mass is 16.5. The maximum atomic E-state index is 4.97. The van der Waals surface area contributed by atoms with Gasteiger partial charge in [-0.3, -0.25) is 4.68 Å². The Morgan fingerprint density at radius 3 is 2.94 bits per heavy atom. The standard InChI is InChI=1S/C10H20N6O/c1-4-11-10(12-5-6-17-3)13-7-9-14-8-15-16(9)2/h8H,4-7H2,1-3H3,(H2,11,12,13). The second-order valence-corrected chi connectivity index (χ2v) is 3.41. The van der Waals surface area contributed by atoms with Crippen molar-refractivity contribution >= 4 is 5.96 Å². The Labute approximate surface area is 101 Å². The van der Waals surface area contributed by atoms with Crippen molar-refractivity contribution in [3.05, 3.63) is 12.2 Å². The molecule has 1 rings (SSSR count). The summed E-state index contributed by atoms with van der Waals surface area (Å²) in [5.74, 6) is 1.58. The topological polar surface area (TPSA) is 76.4 Å². The van der Waals surface area contributed by atoms with Crippen LogP contribution in [0.3, 0.4) is 0 Å². The molecule has 0 bridgehead atoms. The number of hydrogen-bond acceptors (Lipinski definition) is 4. The maximum Gasteiger partial charge on any atom is 0.191 e. The minimum atomic E-state index is 0.499. The number of guanidine groups is 1. The number of rotatable bonds is 6. The number of methoxy groups -OCH3 is 1. The first-order chi connectivity index (χ1) is 8.27. The third-order valence-electron chi connectivity index (χ3n) is 2.13. The van der Waals surface area contributed by atoms with E-state index in [1.165, 1.54) is 6.33 Å². The molecule has 0 amide bonds. The number of hydrogen-bond donors (Lipinski definition) is 2. The van der Waals surface area contributed by atoms with E-state index in [2.05, 4.69) is 25.7 Å². The van der Waals surface area contributed by atoms with Crippen LogP contribution in [0.4, 0.5) is 0 Å². The SMILES string of the molecule is CCNC(=NCc1ncnn1C)NCCOC. The van der Waals surface area contributed by atoms with E-state index in [0.717, 1.165) is 24.9 Å². The molecular weight excluding hydrogens is 220 g/mol. The highest BCUT2D eigenvalue weighted by Crippen LogP contribution is 1.92. The van der Waals surface area contributed by atoms with Gasteiger partial charge in [0, 0.05) is 27.2 Å². The Morgan fingerprint density at radius 1 is 1.53 bits per heavy atom. The smallest absolute Gasteiger partial charge is 0.191 e. The average molecular weight is 240 g/mol. The molecular formula is C10H20N6O.